The first-order chi connectivity index (χ1) is 13.9. The molecule has 5 N–H and O–H groups in total. The molecule has 2 aromatic rings. The van der Waals surface area contributed by atoms with Crippen molar-refractivity contribution in [2.75, 3.05) is 5.32 Å². The third-order valence-electron chi connectivity index (χ3n) is 5.38. The molecule has 154 valence electrons. The van der Waals surface area contributed by atoms with Crippen molar-refractivity contribution in [2.24, 2.45) is 5.73 Å². The highest BCUT2D eigenvalue weighted by Crippen LogP contribution is 2.34. The molecule has 0 spiro atoms. The van der Waals surface area contributed by atoms with Crippen molar-refractivity contribution in [1.29, 1.82) is 0 Å². The maximum absolute atomic E-state index is 11.9. The Morgan fingerprint density at radius 3 is 2.38 bits per heavy atom. The normalized spacial score (nSPS) is 20.9. The predicted molar refractivity (Wildman–Crippen MR) is 111 cm³/mol. The van der Waals surface area contributed by atoms with E-state index in [1.165, 1.54) is 4.90 Å². The van der Waals surface area contributed by atoms with E-state index < -0.39 is 24.3 Å². The van der Waals surface area contributed by atoms with Crippen LogP contribution in [0.1, 0.15) is 37.0 Å². The zero-order valence-electron chi connectivity index (χ0n) is 16.4. The molecule has 2 amide bonds. The van der Waals surface area contributed by atoms with Crippen LogP contribution >= 0.6 is 0 Å². The quantitative estimate of drug-likeness (QED) is 0.598. The van der Waals surface area contributed by atoms with Crippen LogP contribution in [0.4, 0.5) is 10.5 Å². The standard InChI is InChI=1S/C22H27N3O4/c1-14(23)21(27)24-17-9-7-15(8-10-17)13-18-11-12-19(25(18)22(28)29)20(26)16-5-3-2-4-6-16/h2-10,14,18-20,26H,11-13,23H2,1H3,(H,24,27)(H,28,29)/t14-,18-,19+,20+/m0/s1. The van der Waals surface area contributed by atoms with Gasteiger partial charge in [0.1, 0.15) is 0 Å². The Morgan fingerprint density at radius 2 is 1.79 bits per heavy atom. The highest BCUT2D eigenvalue weighted by atomic mass is 16.4. The first-order valence-electron chi connectivity index (χ1n) is 9.76. The van der Waals surface area contributed by atoms with Crippen LogP contribution in [0.2, 0.25) is 0 Å². The van der Waals surface area contributed by atoms with Crippen molar-refractivity contribution in [2.45, 2.75) is 50.4 Å². The fraction of sp³-hybridized carbons (Fsp3) is 0.364. The Kier molecular flexibility index (Phi) is 6.51. The number of hydrogen-bond donors (Lipinski definition) is 4. The van der Waals surface area contributed by atoms with E-state index in [1.54, 1.807) is 19.1 Å². The summed E-state index contributed by atoms with van der Waals surface area (Å²) in [6.45, 7) is 1.62. The molecular formula is C22H27N3O4. The topological polar surface area (TPSA) is 116 Å². The van der Waals surface area contributed by atoms with Crippen molar-refractivity contribution in [3.05, 3.63) is 65.7 Å². The van der Waals surface area contributed by atoms with E-state index >= 15 is 0 Å². The average molecular weight is 397 g/mol. The molecule has 0 bridgehead atoms. The molecule has 1 aliphatic rings. The lowest BCUT2D eigenvalue weighted by molar-refractivity contribution is -0.117. The van der Waals surface area contributed by atoms with E-state index in [0.29, 0.717) is 24.9 Å². The van der Waals surface area contributed by atoms with E-state index in [-0.39, 0.29) is 11.9 Å². The molecule has 1 saturated heterocycles. The Labute approximate surface area is 170 Å². The molecule has 0 aliphatic carbocycles. The van der Waals surface area contributed by atoms with Gasteiger partial charge in [0.15, 0.2) is 0 Å². The molecule has 0 radical (unpaired) electrons. The number of carboxylic acid groups (broad SMARTS) is 1. The van der Waals surface area contributed by atoms with Crippen LogP contribution in [0, 0.1) is 0 Å². The lowest BCUT2D eigenvalue weighted by atomic mass is 10.0. The number of likely N-dealkylation sites (tertiary alicyclic amines) is 1. The molecular weight excluding hydrogens is 370 g/mol. The second kappa shape index (κ2) is 9.07. The average Bonchev–Trinajstić information content (AvgIpc) is 3.13. The Morgan fingerprint density at radius 1 is 1.14 bits per heavy atom. The minimum atomic E-state index is -1.02. The SMILES string of the molecule is C[C@H](N)C(=O)Nc1ccc(C[C@@H]2CC[C@H]([C@H](O)c3ccccc3)N2C(=O)O)cc1. The molecule has 7 heteroatoms. The molecule has 29 heavy (non-hydrogen) atoms. The van der Waals surface area contributed by atoms with Crippen LogP contribution in [0.25, 0.3) is 0 Å². The van der Waals surface area contributed by atoms with Crippen LogP contribution in [0.15, 0.2) is 54.6 Å². The van der Waals surface area contributed by atoms with E-state index in [1.807, 2.05) is 42.5 Å². The van der Waals surface area contributed by atoms with Crippen LogP contribution in [-0.4, -0.2) is 45.2 Å². The first-order valence-corrected chi connectivity index (χ1v) is 9.76. The van der Waals surface area contributed by atoms with Crippen molar-refractivity contribution >= 4 is 17.7 Å². The molecule has 0 saturated carbocycles. The van der Waals surface area contributed by atoms with Gasteiger partial charge in [-0.2, -0.15) is 0 Å². The summed E-state index contributed by atoms with van der Waals surface area (Å²) in [6, 6.07) is 15.2. The summed E-state index contributed by atoms with van der Waals surface area (Å²) in [5, 5.41) is 23.2. The third-order valence-corrected chi connectivity index (χ3v) is 5.38. The van der Waals surface area contributed by atoms with Crippen molar-refractivity contribution in [1.82, 2.24) is 4.90 Å². The largest absolute Gasteiger partial charge is 0.465 e. The number of amides is 2. The van der Waals surface area contributed by atoms with Crippen molar-refractivity contribution in [3.63, 3.8) is 0 Å². The van der Waals surface area contributed by atoms with Gasteiger partial charge in [0.2, 0.25) is 5.91 Å². The smallest absolute Gasteiger partial charge is 0.407 e. The second-order valence-corrected chi connectivity index (χ2v) is 7.52. The van der Waals surface area contributed by atoms with Gasteiger partial charge in [-0.15, -0.1) is 0 Å². The number of nitrogens with zero attached hydrogens (tertiary/aromatic N) is 1. The van der Waals surface area contributed by atoms with Crippen LogP contribution in [0.5, 0.6) is 0 Å². The Bertz CT molecular complexity index is 839. The predicted octanol–water partition coefficient (Wildman–Crippen LogP) is 2.76. The van der Waals surface area contributed by atoms with Crippen LogP contribution in [0.3, 0.4) is 0 Å². The van der Waals surface area contributed by atoms with E-state index in [0.717, 1.165) is 11.1 Å². The number of aliphatic hydroxyl groups is 1. The Hall–Kier alpha value is -2.90. The lowest BCUT2D eigenvalue weighted by Crippen LogP contribution is -2.44. The summed E-state index contributed by atoms with van der Waals surface area (Å²) in [5.74, 6) is -0.261. The van der Waals surface area contributed by atoms with Gasteiger partial charge in [-0.1, -0.05) is 42.5 Å². The van der Waals surface area contributed by atoms with Crippen LogP contribution in [-0.2, 0) is 11.2 Å². The summed E-state index contributed by atoms with van der Waals surface area (Å²) in [7, 11) is 0. The minimum absolute atomic E-state index is 0.208. The molecule has 0 unspecified atom stereocenters. The highest BCUT2D eigenvalue weighted by Gasteiger charge is 2.41. The summed E-state index contributed by atoms with van der Waals surface area (Å²) in [5.41, 5.74) is 7.89. The maximum Gasteiger partial charge on any atom is 0.407 e. The highest BCUT2D eigenvalue weighted by molar-refractivity contribution is 5.94. The number of anilines is 1. The van der Waals surface area contributed by atoms with E-state index in [9.17, 15) is 19.8 Å². The number of nitrogens with one attached hydrogen (secondary N) is 1. The molecule has 7 nitrogen and oxygen atoms in total. The first kappa shape index (κ1) is 20.8. The zero-order valence-corrected chi connectivity index (χ0v) is 16.4. The summed E-state index contributed by atoms with van der Waals surface area (Å²) < 4.78 is 0. The van der Waals surface area contributed by atoms with Gasteiger partial charge < -0.3 is 21.3 Å². The lowest BCUT2D eigenvalue weighted by Gasteiger charge is -2.31. The fourth-order valence-corrected chi connectivity index (χ4v) is 3.85. The number of aliphatic hydroxyl groups excluding tert-OH is 1. The number of benzene rings is 2. The van der Waals surface area contributed by atoms with Gasteiger partial charge in [0.25, 0.3) is 0 Å². The molecule has 1 aliphatic heterocycles. The van der Waals surface area contributed by atoms with Gasteiger partial charge in [-0.3, -0.25) is 9.69 Å². The maximum atomic E-state index is 11.9. The minimum Gasteiger partial charge on any atom is -0.465 e. The Balaban J connectivity index is 1.69. The summed E-state index contributed by atoms with van der Waals surface area (Å²) in [6.07, 6.45) is -0.0350. The number of carbonyl (C=O) groups is 2. The number of nitrogens with two attached hydrogens (primary N) is 1. The third kappa shape index (κ3) is 4.93. The van der Waals surface area contributed by atoms with Gasteiger partial charge in [0.05, 0.1) is 18.2 Å². The van der Waals surface area contributed by atoms with Crippen LogP contribution < -0.4 is 11.1 Å². The monoisotopic (exact) mass is 397 g/mol. The molecule has 4 atom stereocenters. The molecule has 3 rings (SSSR count). The van der Waals surface area contributed by atoms with Crippen molar-refractivity contribution in [3.8, 4) is 0 Å². The number of rotatable bonds is 6. The van der Waals surface area contributed by atoms with Gasteiger partial charge in [-0.05, 0) is 49.4 Å². The fourth-order valence-electron chi connectivity index (χ4n) is 3.85. The van der Waals surface area contributed by atoms with E-state index in [2.05, 4.69) is 5.32 Å². The molecule has 1 heterocycles. The molecule has 2 aromatic carbocycles. The molecule has 0 aromatic heterocycles. The zero-order chi connectivity index (χ0) is 21.0. The van der Waals surface area contributed by atoms with Gasteiger partial charge in [-0.25, -0.2) is 4.79 Å². The van der Waals surface area contributed by atoms with Gasteiger partial charge in [0, 0.05) is 11.7 Å². The van der Waals surface area contributed by atoms with Gasteiger partial charge >= 0.3 is 6.09 Å². The summed E-state index contributed by atoms with van der Waals surface area (Å²) in [4.78, 5) is 25.0. The van der Waals surface area contributed by atoms with Crippen molar-refractivity contribution < 1.29 is 19.8 Å². The summed E-state index contributed by atoms with van der Waals surface area (Å²) >= 11 is 0. The number of carbonyl (C=O) groups excluding carboxylic acids is 1. The second-order valence-electron chi connectivity index (χ2n) is 7.52. The molecule has 1 fully saturated rings. The van der Waals surface area contributed by atoms with E-state index in [4.69, 9.17) is 5.73 Å². The number of hydrogen-bond acceptors (Lipinski definition) is 4.